The third kappa shape index (κ3) is 5.40. The average molecular weight is 507 g/mol. The lowest BCUT2D eigenvalue weighted by atomic mass is 10.2. The molecular formula is C26H34N8OS. The lowest BCUT2D eigenvalue weighted by Gasteiger charge is -2.27. The molecule has 10 heteroatoms. The molecule has 0 amide bonds. The second-order valence-corrected chi connectivity index (χ2v) is 11.7. The van der Waals surface area contributed by atoms with Crippen LogP contribution in [0.4, 0.5) is 34.8 Å². The molecule has 2 aliphatic rings. The smallest absolute Gasteiger partial charge is 0.231 e. The monoisotopic (exact) mass is 506 g/mol. The SMILES string of the molecule is C=S(=C)(NC(C)C)c1ccccc1Nc1nc(Nc2ccc(N3CCOCC3)nc2)nc2c1CCN2. The molecule has 36 heavy (non-hydrogen) atoms. The maximum absolute atomic E-state index is 5.44. The standard InChI is InChI=1S/C26H34N8OS/c1-18(2)33-36(3,4)22-8-6-5-7-21(22)30-25-20-11-12-27-24(20)31-26(32-25)29-19-9-10-23(28-17-19)34-13-15-35-16-14-34/h5-10,17-18,33H,3-4,11-16H2,1-2H3,(H3,27,29,30,31,32). The van der Waals surface area contributed by atoms with Crippen molar-refractivity contribution in [1.29, 1.82) is 0 Å². The number of benzene rings is 1. The highest BCUT2D eigenvalue weighted by Crippen LogP contribution is 2.38. The van der Waals surface area contributed by atoms with Crippen LogP contribution in [0.1, 0.15) is 19.4 Å². The summed E-state index contributed by atoms with van der Waals surface area (Å²) < 4.78 is 8.97. The minimum Gasteiger partial charge on any atom is -0.378 e. The number of nitrogens with one attached hydrogen (secondary N) is 4. The number of hydrogen-bond donors (Lipinski definition) is 4. The molecule has 4 N–H and O–H groups in total. The molecule has 0 unspecified atom stereocenters. The van der Waals surface area contributed by atoms with E-state index in [1.807, 2.05) is 36.5 Å². The van der Waals surface area contributed by atoms with E-state index in [4.69, 9.17) is 14.7 Å². The Balaban J connectivity index is 1.40. The molecule has 2 aliphatic heterocycles. The lowest BCUT2D eigenvalue weighted by molar-refractivity contribution is 0.122. The molecule has 0 spiro atoms. The molecule has 1 saturated heterocycles. The molecule has 0 aliphatic carbocycles. The van der Waals surface area contributed by atoms with Crippen molar-refractivity contribution in [1.82, 2.24) is 19.7 Å². The van der Waals surface area contributed by atoms with Crippen molar-refractivity contribution in [3.63, 3.8) is 0 Å². The number of aromatic nitrogens is 3. The Morgan fingerprint density at radius 3 is 2.61 bits per heavy atom. The summed E-state index contributed by atoms with van der Waals surface area (Å²) >= 11 is 0. The second-order valence-electron chi connectivity index (χ2n) is 9.31. The fourth-order valence-electron chi connectivity index (χ4n) is 4.45. The molecule has 1 aromatic carbocycles. The van der Waals surface area contributed by atoms with E-state index in [0.717, 1.165) is 78.6 Å². The van der Waals surface area contributed by atoms with Gasteiger partial charge in [-0.2, -0.15) is 9.97 Å². The van der Waals surface area contributed by atoms with Gasteiger partial charge in [0.2, 0.25) is 5.95 Å². The van der Waals surface area contributed by atoms with Gasteiger partial charge in [-0.05, 0) is 44.5 Å². The first-order valence-electron chi connectivity index (χ1n) is 12.2. The van der Waals surface area contributed by atoms with Crippen molar-refractivity contribution < 1.29 is 4.74 Å². The Labute approximate surface area is 213 Å². The summed E-state index contributed by atoms with van der Waals surface area (Å²) in [6, 6.07) is 12.5. The van der Waals surface area contributed by atoms with Crippen LogP contribution in [0.5, 0.6) is 0 Å². The molecule has 5 rings (SSSR count). The van der Waals surface area contributed by atoms with Crippen LogP contribution in [0.2, 0.25) is 0 Å². The van der Waals surface area contributed by atoms with Crippen LogP contribution in [-0.4, -0.2) is 65.6 Å². The third-order valence-corrected chi connectivity index (χ3v) is 8.16. The van der Waals surface area contributed by atoms with Gasteiger partial charge < -0.3 is 25.6 Å². The van der Waals surface area contributed by atoms with Gasteiger partial charge in [-0.1, -0.05) is 23.9 Å². The maximum atomic E-state index is 5.44. The summed E-state index contributed by atoms with van der Waals surface area (Å²) in [5.74, 6) is 11.9. The average Bonchev–Trinajstić information content (AvgIpc) is 3.34. The van der Waals surface area contributed by atoms with E-state index in [1.54, 1.807) is 0 Å². The van der Waals surface area contributed by atoms with Crippen LogP contribution in [0.25, 0.3) is 0 Å². The number of anilines is 6. The third-order valence-electron chi connectivity index (χ3n) is 6.04. The second kappa shape index (κ2) is 10.3. The van der Waals surface area contributed by atoms with Crippen molar-refractivity contribution in [3.8, 4) is 0 Å². The zero-order valence-electron chi connectivity index (χ0n) is 20.9. The Morgan fingerprint density at radius 1 is 1.06 bits per heavy atom. The van der Waals surface area contributed by atoms with E-state index >= 15 is 0 Å². The predicted octanol–water partition coefficient (Wildman–Crippen LogP) is 4.10. The van der Waals surface area contributed by atoms with Gasteiger partial charge in [-0.3, -0.25) is 4.72 Å². The van der Waals surface area contributed by atoms with Gasteiger partial charge >= 0.3 is 0 Å². The van der Waals surface area contributed by atoms with Gasteiger partial charge in [-0.25, -0.2) is 4.98 Å². The zero-order chi connectivity index (χ0) is 25.1. The molecule has 0 atom stereocenters. The summed E-state index contributed by atoms with van der Waals surface area (Å²) in [5.41, 5.74) is 2.85. The van der Waals surface area contributed by atoms with Crippen LogP contribution in [0.15, 0.2) is 47.5 Å². The first-order valence-corrected chi connectivity index (χ1v) is 14.2. The number of fused-ring (bicyclic) bond motifs is 1. The fraction of sp³-hybridized carbons (Fsp3) is 0.346. The number of para-hydroxylation sites is 1. The van der Waals surface area contributed by atoms with Crippen LogP contribution in [0.3, 0.4) is 0 Å². The maximum Gasteiger partial charge on any atom is 0.231 e. The normalized spacial score (nSPS) is 15.5. The van der Waals surface area contributed by atoms with Gasteiger partial charge in [0.1, 0.15) is 17.5 Å². The molecule has 0 radical (unpaired) electrons. The van der Waals surface area contributed by atoms with Crippen molar-refractivity contribution in [3.05, 3.63) is 48.2 Å². The Bertz CT molecular complexity index is 1320. The van der Waals surface area contributed by atoms with Crippen LogP contribution >= 0.6 is 9.39 Å². The first-order chi connectivity index (χ1) is 17.4. The lowest BCUT2D eigenvalue weighted by Crippen LogP contribution is -2.36. The highest BCUT2D eigenvalue weighted by Gasteiger charge is 2.21. The molecular weight excluding hydrogens is 472 g/mol. The summed E-state index contributed by atoms with van der Waals surface area (Å²) in [6.45, 7) is 8.21. The fourth-order valence-corrected chi connectivity index (χ4v) is 6.36. The van der Waals surface area contributed by atoms with E-state index in [-0.39, 0.29) is 6.04 Å². The quantitative estimate of drug-likeness (QED) is 0.337. The Morgan fingerprint density at radius 2 is 1.86 bits per heavy atom. The van der Waals surface area contributed by atoms with E-state index in [2.05, 4.69) is 62.2 Å². The summed E-state index contributed by atoms with van der Waals surface area (Å²) in [7, 11) is -1.70. The van der Waals surface area contributed by atoms with Gasteiger partial charge in [0.05, 0.1) is 30.8 Å². The van der Waals surface area contributed by atoms with Gasteiger partial charge in [-0.15, -0.1) is 9.39 Å². The topological polar surface area (TPSA) is 99.3 Å². The van der Waals surface area contributed by atoms with Crippen molar-refractivity contribution in [2.75, 3.05) is 53.7 Å². The van der Waals surface area contributed by atoms with E-state index in [0.29, 0.717) is 5.95 Å². The molecule has 0 bridgehead atoms. The van der Waals surface area contributed by atoms with E-state index in [9.17, 15) is 0 Å². The number of ether oxygens (including phenoxy) is 1. The molecule has 9 nitrogen and oxygen atoms in total. The molecule has 190 valence electrons. The number of pyridine rings is 1. The minimum atomic E-state index is -1.70. The zero-order valence-corrected chi connectivity index (χ0v) is 21.7. The van der Waals surface area contributed by atoms with E-state index < -0.39 is 9.39 Å². The van der Waals surface area contributed by atoms with Crippen molar-refractivity contribution in [2.24, 2.45) is 0 Å². The minimum absolute atomic E-state index is 0.273. The predicted molar refractivity (Wildman–Crippen MR) is 153 cm³/mol. The first kappa shape index (κ1) is 24.4. The van der Waals surface area contributed by atoms with E-state index in [1.165, 1.54) is 0 Å². The largest absolute Gasteiger partial charge is 0.378 e. The Hall–Kier alpha value is -3.34. The number of rotatable bonds is 8. The number of morpholine rings is 1. The molecule has 4 heterocycles. The van der Waals surface area contributed by atoms with Crippen molar-refractivity contribution in [2.45, 2.75) is 31.2 Å². The summed E-state index contributed by atoms with van der Waals surface area (Å²) in [5, 5.41) is 10.3. The molecule has 3 aromatic rings. The number of hydrogen-bond acceptors (Lipinski definition) is 9. The van der Waals surface area contributed by atoms with Crippen molar-refractivity contribution >= 4 is 55.9 Å². The van der Waals surface area contributed by atoms with Gasteiger partial charge in [0.25, 0.3) is 0 Å². The van der Waals surface area contributed by atoms with Crippen LogP contribution in [-0.2, 0) is 11.2 Å². The summed E-state index contributed by atoms with van der Waals surface area (Å²) in [6.07, 6.45) is 2.67. The summed E-state index contributed by atoms with van der Waals surface area (Å²) in [4.78, 5) is 17.5. The van der Waals surface area contributed by atoms with Gasteiger partial charge in [0.15, 0.2) is 0 Å². The number of nitrogens with zero attached hydrogens (tertiary/aromatic N) is 4. The highest BCUT2D eigenvalue weighted by molar-refractivity contribution is 8.26. The van der Waals surface area contributed by atoms with Crippen LogP contribution in [0, 0.1) is 0 Å². The van der Waals surface area contributed by atoms with Crippen LogP contribution < -0.4 is 25.6 Å². The van der Waals surface area contributed by atoms with Gasteiger partial charge in [0, 0.05) is 36.1 Å². The molecule has 2 aromatic heterocycles. The molecule has 1 fully saturated rings. The molecule has 0 saturated carbocycles. The Kier molecular flexibility index (Phi) is 6.99. The highest BCUT2D eigenvalue weighted by atomic mass is 32.2.